The van der Waals surface area contributed by atoms with Crippen molar-refractivity contribution in [2.24, 2.45) is 5.41 Å². The van der Waals surface area contributed by atoms with Gasteiger partial charge in [0.2, 0.25) is 0 Å². The highest BCUT2D eigenvalue weighted by atomic mass is 16.5. The van der Waals surface area contributed by atoms with Crippen LogP contribution in [0.3, 0.4) is 0 Å². The summed E-state index contributed by atoms with van der Waals surface area (Å²) in [4.78, 5) is 24.3. The molecule has 0 aliphatic carbocycles. The summed E-state index contributed by atoms with van der Waals surface area (Å²) in [6.45, 7) is 13.9. The molecule has 0 spiro atoms. The van der Waals surface area contributed by atoms with Crippen LogP contribution in [0.5, 0.6) is 17.2 Å². The molecule has 0 unspecified atom stereocenters. The van der Waals surface area contributed by atoms with Gasteiger partial charge in [0.05, 0.1) is 37.4 Å². The van der Waals surface area contributed by atoms with E-state index in [1.165, 1.54) is 0 Å². The quantitative estimate of drug-likeness (QED) is 0.285. The van der Waals surface area contributed by atoms with Crippen molar-refractivity contribution in [3.05, 3.63) is 59.5 Å². The zero-order valence-corrected chi connectivity index (χ0v) is 26.0. The van der Waals surface area contributed by atoms with Gasteiger partial charge < -0.3 is 29.0 Å². The maximum Gasteiger partial charge on any atom is 0.337 e. The zero-order chi connectivity index (χ0) is 30.7. The van der Waals surface area contributed by atoms with E-state index in [2.05, 4.69) is 23.7 Å². The van der Waals surface area contributed by atoms with Crippen molar-refractivity contribution in [2.75, 3.05) is 32.2 Å². The van der Waals surface area contributed by atoms with Gasteiger partial charge in [-0.25, -0.2) is 4.79 Å². The maximum atomic E-state index is 12.6. The van der Waals surface area contributed by atoms with Crippen LogP contribution in [0.15, 0.2) is 42.7 Å². The van der Waals surface area contributed by atoms with Crippen LogP contribution in [0.1, 0.15) is 70.4 Å². The van der Waals surface area contributed by atoms with E-state index in [4.69, 9.17) is 23.9 Å². The minimum absolute atomic E-state index is 0.219. The standard InChI is InChI=1S/C33H43N3O6/c1-21-28(30(31(37)38)42-32(2,3)4)29(36-15-13-33(5,6)14-16-36)25(19-34-21)26-12-11-24(18-35-26)41-20-22-9-10-23(39-7)17-27(22)40-8/h9-12,17-19,30H,13-16,20H2,1-8H3,(H,37,38)/t30-/m0/s1. The zero-order valence-electron chi connectivity index (χ0n) is 26.0. The lowest BCUT2D eigenvalue weighted by molar-refractivity contribution is -0.160. The smallest absolute Gasteiger partial charge is 0.337 e. The van der Waals surface area contributed by atoms with Gasteiger partial charge in [0.15, 0.2) is 6.10 Å². The summed E-state index contributed by atoms with van der Waals surface area (Å²) < 4.78 is 22.9. The van der Waals surface area contributed by atoms with Crippen LogP contribution in [0, 0.1) is 12.3 Å². The van der Waals surface area contributed by atoms with Crippen molar-refractivity contribution in [3.8, 4) is 28.5 Å². The average molecular weight is 578 g/mol. The highest BCUT2D eigenvalue weighted by molar-refractivity contribution is 5.85. The number of aromatic nitrogens is 2. The summed E-state index contributed by atoms with van der Waals surface area (Å²) in [7, 11) is 3.22. The predicted molar refractivity (Wildman–Crippen MR) is 163 cm³/mol. The van der Waals surface area contributed by atoms with Gasteiger partial charge in [-0.2, -0.15) is 0 Å². The topological polar surface area (TPSA) is 103 Å². The summed E-state index contributed by atoms with van der Waals surface area (Å²) in [5, 5.41) is 10.3. The van der Waals surface area contributed by atoms with E-state index in [1.54, 1.807) is 26.6 Å². The molecule has 0 saturated carbocycles. The molecule has 9 heteroatoms. The van der Waals surface area contributed by atoms with Gasteiger partial charge in [0.1, 0.15) is 23.9 Å². The molecule has 3 heterocycles. The minimum atomic E-state index is -1.18. The second-order valence-electron chi connectivity index (χ2n) is 12.5. The third-order valence-corrected chi connectivity index (χ3v) is 7.58. The Labute approximate surface area is 248 Å². The van der Waals surface area contributed by atoms with Crippen LogP contribution in [-0.2, 0) is 16.1 Å². The Balaban J connectivity index is 1.70. The highest BCUT2D eigenvalue weighted by Crippen LogP contribution is 2.43. The first-order valence-corrected chi connectivity index (χ1v) is 14.3. The SMILES string of the molecule is COc1ccc(COc2ccc(-c3cnc(C)c([C@H](OC(C)(C)C)C(=O)O)c3N3CCC(C)(C)CC3)nc2)c(OC)c1. The molecule has 1 aliphatic heterocycles. The summed E-state index contributed by atoms with van der Waals surface area (Å²) in [5.74, 6) is 0.935. The maximum absolute atomic E-state index is 12.6. The Bertz CT molecular complexity index is 1390. The van der Waals surface area contributed by atoms with Crippen molar-refractivity contribution in [3.63, 3.8) is 0 Å². The van der Waals surface area contributed by atoms with E-state index in [0.717, 1.165) is 42.7 Å². The van der Waals surface area contributed by atoms with Gasteiger partial charge >= 0.3 is 5.97 Å². The van der Waals surface area contributed by atoms with Gasteiger partial charge in [-0.05, 0) is 70.2 Å². The number of nitrogens with zero attached hydrogens (tertiary/aromatic N) is 3. The summed E-state index contributed by atoms with van der Waals surface area (Å²) >= 11 is 0. The largest absolute Gasteiger partial charge is 0.497 e. The third kappa shape index (κ3) is 7.31. The van der Waals surface area contributed by atoms with Gasteiger partial charge in [0, 0.05) is 47.7 Å². The number of hydrogen-bond acceptors (Lipinski definition) is 8. The van der Waals surface area contributed by atoms with Crippen molar-refractivity contribution in [1.82, 2.24) is 9.97 Å². The molecule has 1 aliphatic rings. The van der Waals surface area contributed by atoms with Crippen LogP contribution in [0.2, 0.25) is 0 Å². The number of methoxy groups -OCH3 is 2. The molecule has 1 aromatic carbocycles. The Morgan fingerprint density at radius 1 is 1.02 bits per heavy atom. The van der Waals surface area contributed by atoms with E-state index in [0.29, 0.717) is 40.8 Å². The molecule has 1 fully saturated rings. The normalized spacial score (nSPS) is 15.7. The number of hydrogen-bond donors (Lipinski definition) is 1. The molecule has 1 atom stereocenters. The van der Waals surface area contributed by atoms with Gasteiger partial charge in [0.25, 0.3) is 0 Å². The molecule has 0 amide bonds. The van der Waals surface area contributed by atoms with Gasteiger partial charge in [-0.15, -0.1) is 0 Å². The second kappa shape index (κ2) is 12.6. The summed E-state index contributed by atoms with van der Waals surface area (Å²) in [5.41, 5.74) is 3.89. The van der Waals surface area contributed by atoms with Crippen LogP contribution >= 0.6 is 0 Å². The molecule has 3 aromatic rings. The fraction of sp³-hybridized carbons (Fsp3) is 0.485. The molecule has 0 radical (unpaired) electrons. The monoisotopic (exact) mass is 577 g/mol. The predicted octanol–water partition coefficient (Wildman–Crippen LogP) is 6.62. The van der Waals surface area contributed by atoms with Crippen LogP contribution in [0.25, 0.3) is 11.3 Å². The lowest BCUT2D eigenvalue weighted by Gasteiger charge is -2.40. The van der Waals surface area contributed by atoms with E-state index in [1.807, 2.05) is 58.0 Å². The molecule has 9 nitrogen and oxygen atoms in total. The van der Waals surface area contributed by atoms with Crippen molar-refractivity contribution in [2.45, 2.75) is 72.7 Å². The Morgan fingerprint density at radius 3 is 2.29 bits per heavy atom. The number of benzene rings is 1. The van der Waals surface area contributed by atoms with Crippen molar-refractivity contribution in [1.29, 1.82) is 0 Å². The Morgan fingerprint density at radius 2 is 1.71 bits per heavy atom. The molecule has 226 valence electrons. The van der Waals surface area contributed by atoms with Crippen LogP contribution in [0.4, 0.5) is 5.69 Å². The first-order chi connectivity index (χ1) is 19.8. The molecule has 0 bridgehead atoms. The number of carboxylic acid groups (broad SMARTS) is 1. The number of piperidine rings is 1. The molecule has 1 N–H and O–H groups in total. The number of rotatable bonds is 10. The van der Waals surface area contributed by atoms with Gasteiger partial charge in [-0.1, -0.05) is 13.8 Å². The molecule has 4 rings (SSSR count). The Hall–Kier alpha value is -3.85. The minimum Gasteiger partial charge on any atom is -0.497 e. The molecular formula is C33H43N3O6. The third-order valence-electron chi connectivity index (χ3n) is 7.58. The van der Waals surface area contributed by atoms with Crippen molar-refractivity contribution < 1.29 is 28.8 Å². The fourth-order valence-electron chi connectivity index (χ4n) is 5.13. The van der Waals surface area contributed by atoms with E-state index in [9.17, 15) is 9.90 Å². The average Bonchev–Trinajstić information content (AvgIpc) is 2.94. The molecule has 2 aromatic heterocycles. The number of carboxylic acids is 1. The fourth-order valence-corrected chi connectivity index (χ4v) is 5.13. The second-order valence-corrected chi connectivity index (χ2v) is 12.5. The number of aryl methyl sites for hydroxylation is 1. The molecular weight excluding hydrogens is 534 g/mol. The lowest BCUT2D eigenvalue weighted by atomic mass is 9.82. The first-order valence-electron chi connectivity index (χ1n) is 14.3. The number of pyridine rings is 2. The van der Waals surface area contributed by atoms with Gasteiger partial charge in [-0.3, -0.25) is 9.97 Å². The van der Waals surface area contributed by atoms with Crippen LogP contribution in [-0.4, -0.2) is 54.0 Å². The number of carbonyl (C=O) groups is 1. The van der Waals surface area contributed by atoms with E-state index >= 15 is 0 Å². The van der Waals surface area contributed by atoms with Crippen molar-refractivity contribution >= 4 is 11.7 Å². The number of ether oxygens (including phenoxy) is 4. The Kier molecular flexibility index (Phi) is 9.30. The molecule has 1 saturated heterocycles. The number of aliphatic carboxylic acids is 1. The summed E-state index contributed by atoms with van der Waals surface area (Å²) in [6.07, 6.45) is 4.26. The summed E-state index contributed by atoms with van der Waals surface area (Å²) in [6, 6.07) is 9.33. The van der Waals surface area contributed by atoms with E-state index in [-0.39, 0.29) is 5.41 Å². The molecule has 42 heavy (non-hydrogen) atoms. The number of anilines is 1. The van der Waals surface area contributed by atoms with E-state index < -0.39 is 17.7 Å². The van der Waals surface area contributed by atoms with Crippen LogP contribution < -0.4 is 19.1 Å². The first kappa shape index (κ1) is 31.1. The lowest BCUT2D eigenvalue weighted by Crippen LogP contribution is -2.39. The highest BCUT2D eigenvalue weighted by Gasteiger charge is 2.36.